The van der Waals surface area contributed by atoms with Gasteiger partial charge in [0.1, 0.15) is 11.4 Å². The summed E-state index contributed by atoms with van der Waals surface area (Å²) in [5, 5.41) is 11.8. The van der Waals surface area contributed by atoms with Crippen molar-refractivity contribution in [2.45, 2.75) is 59.3 Å². The Labute approximate surface area is 330 Å². The Bertz CT molecular complexity index is 2710. The summed E-state index contributed by atoms with van der Waals surface area (Å²) >= 11 is 0. The minimum atomic E-state index is -0.290. The highest BCUT2D eigenvalue weighted by atomic mass is 16.3. The fraction of sp³-hybridized carbons (Fsp3) is 0.196. The van der Waals surface area contributed by atoms with Crippen LogP contribution in [0.5, 0.6) is 5.75 Å². The Morgan fingerprint density at radius 1 is 0.536 bits per heavy atom. The molecule has 0 aliphatic carbocycles. The van der Waals surface area contributed by atoms with Gasteiger partial charge in [0.15, 0.2) is 5.82 Å². The van der Waals surface area contributed by atoms with E-state index in [1.165, 1.54) is 11.1 Å². The van der Waals surface area contributed by atoms with Gasteiger partial charge in [-0.05, 0) is 93.2 Å². The first-order valence-electron chi connectivity index (χ1n) is 19.3. The van der Waals surface area contributed by atoms with Crippen LogP contribution in [-0.2, 0) is 17.9 Å². The number of imidazole rings is 1. The minimum absolute atomic E-state index is 0.176. The third-order valence-corrected chi connectivity index (χ3v) is 10.7. The molecule has 8 aromatic rings. The molecule has 0 aliphatic heterocycles. The summed E-state index contributed by atoms with van der Waals surface area (Å²) < 4.78 is 2.05. The van der Waals surface area contributed by atoms with E-state index in [0.717, 1.165) is 72.5 Å². The molecule has 0 atom stereocenters. The molecule has 0 fully saturated rings. The van der Waals surface area contributed by atoms with Crippen LogP contribution in [-0.4, -0.2) is 24.6 Å². The number of aromatic nitrogens is 4. The zero-order valence-corrected chi connectivity index (χ0v) is 33.5. The molecule has 0 amide bonds. The van der Waals surface area contributed by atoms with E-state index in [2.05, 4.69) is 168 Å². The van der Waals surface area contributed by atoms with Crippen molar-refractivity contribution in [3.8, 4) is 73.0 Å². The molecule has 0 saturated carbocycles. The number of rotatable bonds is 6. The first-order valence-corrected chi connectivity index (χ1v) is 19.3. The Kier molecular flexibility index (Phi) is 9.20. The van der Waals surface area contributed by atoms with Gasteiger partial charge < -0.3 is 9.67 Å². The normalized spacial score (nSPS) is 12.0. The summed E-state index contributed by atoms with van der Waals surface area (Å²) in [6.45, 7) is 14.9. The van der Waals surface area contributed by atoms with Crippen LogP contribution in [0.3, 0.4) is 0 Å². The summed E-state index contributed by atoms with van der Waals surface area (Å²) in [7, 11) is 2.01. The van der Waals surface area contributed by atoms with Crippen molar-refractivity contribution in [3.05, 3.63) is 156 Å². The number of hydrogen-bond acceptors (Lipinski definition) is 4. The van der Waals surface area contributed by atoms with Crippen LogP contribution in [0.4, 0.5) is 0 Å². The van der Waals surface area contributed by atoms with Crippen LogP contribution in [0.1, 0.15) is 58.4 Å². The summed E-state index contributed by atoms with van der Waals surface area (Å²) in [5.74, 6) is 0.805. The molecular weight excluding hydrogens is 685 g/mol. The number of benzene rings is 5. The van der Waals surface area contributed by atoms with Gasteiger partial charge in [0.25, 0.3) is 0 Å². The van der Waals surface area contributed by atoms with Crippen molar-refractivity contribution in [1.29, 1.82) is 0 Å². The molecule has 0 spiro atoms. The van der Waals surface area contributed by atoms with Gasteiger partial charge in [-0.15, -0.1) is 0 Å². The molecular formula is C51H48N4O. The van der Waals surface area contributed by atoms with Gasteiger partial charge in [0.2, 0.25) is 0 Å². The van der Waals surface area contributed by atoms with Crippen molar-refractivity contribution >= 4 is 11.0 Å². The molecule has 0 aliphatic rings. The highest BCUT2D eigenvalue weighted by molar-refractivity contribution is 5.96. The summed E-state index contributed by atoms with van der Waals surface area (Å²) in [6, 6.07) is 47.0. The van der Waals surface area contributed by atoms with Crippen LogP contribution >= 0.6 is 0 Å². The van der Waals surface area contributed by atoms with E-state index in [4.69, 9.17) is 15.0 Å². The van der Waals surface area contributed by atoms with Crippen molar-refractivity contribution in [1.82, 2.24) is 19.5 Å². The number of pyridine rings is 2. The Morgan fingerprint density at radius 3 is 1.77 bits per heavy atom. The standard InChI is InChI=1S/C51H48N4O/c1-32-31-52-43(29-41(32)36-24-22-35(23-25-36)33-16-11-9-12-17-33)39-27-37(34-18-13-10-14-19-34)26-38(28-39)40-20-15-21-44-46(40)54-49(55(44)8)47-48(56)42(50(2,3)4)30-45(53-47)51(5,6)7/h9-31,56H,1-8H3. The summed E-state index contributed by atoms with van der Waals surface area (Å²) in [6.07, 6.45) is 1.98. The van der Waals surface area contributed by atoms with Crippen LogP contribution in [0.15, 0.2) is 140 Å². The molecule has 3 aromatic heterocycles. The van der Waals surface area contributed by atoms with Crippen LogP contribution in [0, 0.1) is 6.92 Å². The van der Waals surface area contributed by atoms with Crippen molar-refractivity contribution in [2.75, 3.05) is 0 Å². The smallest absolute Gasteiger partial charge is 0.163 e. The number of nitrogens with zero attached hydrogens (tertiary/aromatic N) is 4. The Balaban J connectivity index is 1.28. The highest BCUT2D eigenvalue weighted by Crippen LogP contribution is 2.42. The van der Waals surface area contributed by atoms with E-state index < -0.39 is 0 Å². The van der Waals surface area contributed by atoms with Gasteiger partial charge in [0.05, 0.1) is 16.7 Å². The van der Waals surface area contributed by atoms with Gasteiger partial charge in [-0.1, -0.05) is 139 Å². The van der Waals surface area contributed by atoms with Crippen molar-refractivity contribution < 1.29 is 5.11 Å². The molecule has 278 valence electrons. The van der Waals surface area contributed by atoms with Gasteiger partial charge in [-0.25, -0.2) is 9.97 Å². The second-order valence-corrected chi connectivity index (χ2v) is 16.9. The second kappa shape index (κ2) is 14.1. The second-order valence-electron chi connectivity index (χ2n) is 16.9. The van der Waals surface area contributed by atoms with Gasteiger partial charge >= 0.3 is 0 Å². The van der Waals surface area contributed by atoms with E-state index in [-0.39, 0.29) is 16.6 Å². The third kappa shape index (κ3) is 6.90. The van der Waals surface area contributed by atoms with Crippen LogP contribution < -0.4 is 0 Å². The quantitative estimate of drug-likeness (QED) is 0.185. The predicted molar refractivity (Wildman–Crippen MR) is 233 cm³/mol. The van der Waals surface area contributed by atoms with Gasteiger partial charge in [-0.3, -0.25) is 4.98 Å². The largest absolute Gasteiger partial charge is 0.505 e. The first-order chi connectivity index (χ1) is 26.8. The maximum absolute atomic E-state index is 11.8. The lowest BCUT2D eigenvalue weighted by molar-refractivity contribution is 0.441. The van der Waals surface area contributed by atoms with E-state index in [1.807, 2.05) is 31.4 Å². The fourth-order valence-corrected chi connectivity index (χ4v) is 7.50. The minimum Gasteiger partial charge on any atom is -0.505 e. The fourth-order valence-electron chi connectivity index (χ4n) is 7.50. The predicted octanol–water partition coefficient (Wildman–Crippen LogP) is 13.0. The van der Waals surface area contributed by atoms with Gasteiger partial charge in [-0.2, -0.15) is 0 Å². The van der Waals surface area contributed by atoms with Crippen molar-refractivity contribution in [3.63, 3.8) is 0 Å². The molecule has 5 nitrogen and oxygen atoms in total. The highest BCUT2D eigenvalue weighted by Gasteiger charge is 2.29. The molecule has 0 unspecified atom stereocenters. The topological polar surface area (TPSA) is 63.8 Å². The average molecular weight is 733 g/mol. The molecule has 0 bridgehead atoms. The zero-order valence-electron chi connectivity index (χ0n) is 33.5. The van der Waals surface area contributed by atoms with Crippen LogP contribution in [0.2, 0.25) is 0 Å². The molecule has 3 heterocycles. The molecule has 0 radical (unpaired) electrons. The monoisotopic (exact) mass is 732 g/mol. The molecule has 5 aromatic carbocycles. The lowest BCUT2D eigenvalue weighted by Crippen LogP contribution is -2.19. The number of aryl methyl sites for hydroxylation is 2. The molecule has 5 heteroatoms. The van der Waals surface area contributed by atoms with E-state index in [0.29, 0.717) is 11.5 Å². The lowest BCUT2D eigenvalue weighted by Gasteiger charge is -2.26. The van der Waals surface area contributed by atoms with E-state index in [1.54, 1.807) is 0 Å². The molecule has 56 heavy (non-hydrogen) atoms. The Morgan fingerprint density at radius 2 is 1.12 bits per heavy atom. The first kappa shape index (κ1) is 36.6. The summed E-state index contributed by atoms with van der Waals surface area (Å²) in [4.78, 5) is 15.4. The van der Waals surface area contributed by atoms with Crippen LogP contribution in [0.25, 0.3) is 78.3 Å². The molecule has 1 N–H and O–H groups in total. The third-order valence-electron chi connectivity index (χ3n) is 10.7. The number of fused-ring (bicyclic) bond motifs is 1. The lowest BCUT2D eigenvalue weighted by atomic mass is 9.82. The van der Waals surface area contributed by atoms with E-state index in [9.17, 15) is 5.11 Å². The Hall–Kier alpha value is -6.33. The number of aromatic hydroxyl groups is 1. The summed E-state index contributed by atoms with van der Waals surface area (Å²) in [5.41, 5.74) is 15.5. The maximum Gasteiger partial charge on any atom is 0.163 e. The van der Waals surface area contributed by atoms with Crippen molar-refractivity contribution in [2.24, 2.45) is 7.05 Å². The zero-order chi connectivity index (χ0) is 39.4. The SMILES string of the molecule is Cc1cnc(-c2cc(-c3ccccc3)cc(-c3cccc4c3nc(-c3nc(C(C)(C)C)cc(C(C)(C)C)c3O)n4C)c2)cc1-c1ccc(-c2ccccc2)cc1. The number of hydrogen-bond donors (Lipinski definition) is 1. The molecule has 0 saturated heterocycles. The van der Waals surface area contributed by atoms with Gasteiger partial charge in [0, 0.05) is 41.0 Å². The maximum atomic E-state index is 11.8. The average Bonchev–Trinajstić information content (AvgIpc) is 3.53. The van der Waals surface area contributed by atoms with E-state index >= 15 is 0 Å². The molecule has 8 rings (SSSR count). The number of para-hydroxylation sites is 1.